The summed E-state index contributed by atoms with van der Waals surface area (Å²) in [5.41, 5.74) is 4.19. The Morgan fingerprint density at radius 3 is 2.86 bits per heavy atom. The molecule has 3 rings (SSSR count). The van der Waals surface area contributed by atoms with Crippen molar-refractivity contribution in [1.29, 1.82) is 5.26 Å². The van der Waals surface area contributed by atoms with Crippen LogP contribution in [0.5, 0.6) is 0 Å². The van der Waals surface area contributed by atoms with E-state index in [1.54, 1.807) is 11.3 Å². The molecule has 1 unspecified atom stereocenters. The maximum Gasteiger partial charge on any atom is 0.134 e. The SMILES string of the molecule is CC1CCC/C(=C(\C#N)c2nc(-c3ccccc3)cs2)C1. The molecule has 0 saturated heterocycles. The molecule has 0 aliphatic heterocycles. The summed E-state index contributed by atoms with van der Waals surface area (Å²) in [6, 6.07) is 12.5. The van der Waals surface area contributed by atoms with E-state index >= 15 is 0 Å². The number of nitrogens with zero attached hydrogens (tertiary/aromatic N) is 2. The smallest absolute Gasteiger partial charge is 0.134 e. The van der Waals surface area contributed by atoms with Gasteiger partial charge in [-0.3, -0.25) is 0 Å². The number of aromatic nitrogens is 1. The summed E-state index contributed by atoms with van der Waals surface area (Å²) in [6.45, 7) is 2.27. The molecule has 2 aromatic rings. The standard InChI is InChI=1S/C18H18N2S/c1-13-6-5-9-15(10-13)16(11-19)18-20-17(12-21-18)14-7-3-2-4-8-14/h2-4,7-8,12-13H,5-6,9-10H2,1H3/b16-15-. The molecule has 21 heavy (non-hydrogen) atoms. The zero-order valence-electron chi connectivity index (χ0n) is 12.2. The Labute approximate surface area is 129 Å². The van der Waals surface area contributed by atoms with Crippen LogP contribution in [0, 0.1) is 17.2 Å². The molecule has 0 spiro atoms. The summed E-state index contributed by atoms with van der Waals surface area (Å²) < 4.78 is 0. The lowest BCUT2D eigenvalue weighted by atomic mass is 9.84. The van der Waals surface area contributed by atoms with Crippen molar-refractivity contribution in [2.75, 3.05) is 0 Å². The van der Waals surface area contributed by atoms with Gasteiger partial charge in [-0.2, -0.15) is 5.26 Å². The average molecular weight is 294 g/mol. The minimum Gasteiger partial charge on any atom is -0.235 e. The van der Waals surface area contributed by atoms with Crippen LogP contribution in [0.3, 0.4) is 0 Å². The van der Waals surface area contributed by atoms with Gasteiger partial charge in [-0.15, -0.1) is 11.3 Å². The molecule has 2 nitrogen and oxygen atoms in total. The molecule has 1 aromatic heterocycles. The van der Waals surface area contributed by atoms with Crippen LogP contribution in [0.4, 0.5) is 0 Å². The second-order valence-corrected chi connectivity index (χ2v) is 6.55. The number of hydrogen-bond donors (Lipinski definition) is 0. The molecule has 1 aliphatic carbocycles. The van der Waals surface area contributed by atoms with Crippen molar-refractivity contribution in [2.45, 2.75) is 32.6 Å². The third-order valence-electron chi connectivity index (χ3n) is 4.02. The lowest BCUT2D eigenvalue weighted by molar-refractivity contribution is 0.454. The first-order valence-corrected chi connectivity index (χ1v) is 8.29. The van der Waals surface area contributed by atoms with E-state index in [2.05, 4.69) is 30.5 Å². The Hall–Kier alpha value is -1.92. The molecule has 3 heteroatoms. The molecule has 1 aliphatic rings. The van der Waals surface area contributed by atoms with Crippen molar-refractivity contribution in [2.24, 2.45) is 5.92 Å². The summed E-state index contributed by atoms with van der Waals surface area (Å²) >= 11 is 1.58. The highest BCUT2D eigenvalue weighted by Crippen LogP contribution is 2.35. The number of hydrogen-bond acceptors (Lipinski definition) is 3. The molecule has 1 fully saturated rings. The van der Waals surface area contributed by atoms with Gasteiger partial charge in [0.2, 0.25) is 0 Å². The largest absolute Gasteiger partial charge is 0.235 e. The Bertz CT molecular complexity index is 692. The third-order valence-corrected chi connectivity index (χ3v) is 4.88. The van der Waals surface area contributed by atoms with Crippen LogP contribution < -0.4 is 0 Å². The summed E-state index contributed by atoms with van der Waals surface area (Å²) in [6.07, 6.45) is 4.56. The van der Waals surface area contributed by atoms with E-state index in [1.807, 2.05) is 18.2 Å². The predicted molar refractivity (Wildman–Crippen MR) is 87.7 cm³/mol. The highest BCUT2D eigenvalue weighted by atomic mass is 32.1. The Kier molecular flexibility index (Phi) is 4.17. The fraction of sp³-hybridized carbons (Fsp3) is 0.333. The van der Waals surface area contributed by atoms with Crippen LogP contribution in [0.1, 0.15) is 37.6 Å². The third kappa shape index (κ3) is 3.06. The van der Waals surface area contributed by atoms with Gasteiger partial charge in [0.25, 0.3) is 0 Å². The van der Waals surface area contributed by atoms with Crippen molar-refractivity contribution in [3.8, 4) is 17.3 Å². The molecular formula is C18H18N2S. The van der Waals surface area contributed by atoms with Crippen molar-refractivity contribution >= 4 is 16.9 Å². The van der Waals surface area contributed by atoms with Crippen LogP contribution in [0.2, 0.25) is 0 Å². The zero-order valence-corrected chi connectivity index (χ0v) is 13.0. The van der Waals surface area contributed by atoms with Crippen molar-refractivity contribution in [1.82, 2.24) is 4.98 Å². The van der Waals surface area contributed by atoms with E-state index in [0.29, 0.717) is 5.92 Å². The van der Waals surface area contributed by atoms with E-state index in [4.69, 9.17) is 4.98 Å². The quantitative estimate of drug-likeness (QED) is 0.705. The second kappa shape index (κ2) is 6.24. The van der Waals surface area contributed by atoms with E-state index in [0.717, 1.165) is 34.7 Å². The first-order chi connectivity index (χ1) is 10.3. The van der Waals surface area contributed by atoms with Crippen LogP contribution >= 0.6 is 11.3 Å². The number of allylic oxidation sites excluding steroid dienone is 2. The summed E-state index contributed by atoms with van der Waals surface area (Å²) in [5, 5.41) is 12.5. The molecule has 106 valence electrons. The first kappa shape index (κ1) is 14.0. The van der Waals surface area contributed by atoms with Gasteiger partial charge < -0.3 is 0 Å². The monoisotopic (exact) mass is 294 g/mol. The van der Waals surface area contributed by atoms with Gasteiger partial charge in [0, 0.05) is 10.9 Å². The van der Waals surface area contributed by atoms with Gasteiger partial charge in [-0.25, -0.2) is 4.98 Å². The highest BCUT2D eigenvalue weighted by Gasteiger charge is 2.19. The predicted octanol–water partition coefficient (Wildman–Crippen LogP) is 5.30. The second-order valence-electron chi connectivity index (χ2n) is 5.70. The average Bonchev–Trinajstić information content (AvgIpc) is 2.99. The number of rotatable bonds is 2. The Morgan fingerprint density at radius 2 is 2.14 bits per heavy atom. The minimum atomic E-state index is 0.686. The molecule has 1 heterocycles. The lowest BCUT2D eigenvalue weighted by Gasteiger charge is -2.21. The molecule has 1 saturated carbocycles. The maximum atomic E-state index is 9.56. The number of benzene rings is 1. The first-order valence-electron chi connectivity index (χ1n) is 7.41. The van der Waals surface area contributed by atoms with Gasteiger partial charge in [0.1, 0.15) is 11.1 Å². The Morgan fingerprint density at radius 1 is 1.33 bits per heavy atom. The van der Waals surface area contributed by atoms with Gasteiger partial charge in [0.15, 0.2) is 0 Å². The normalized spacial score (nSPS) is 20.9. The number of thiazole rings is 1. The summed E-state index contributed by atoms with van der Waals surface area (Å²) in [4.78, 5) is 4.69. The minimum absolute atomic E-state index is 0.686. The van der Waals surface area contributed by atoms with Gasteiger partial charge in [-0.1, -0.05) is 43.7 Å². The molecule has 0 bridgehead atoms. The molecule has 1 atom stereocenters. The van der Waals surface area contributed by atoms with Crippen molar-refractivity contribution in [3.05, 3.63) is 46.3 Å². The molecule has 1 aromatic carbocycles. The molecule has 0 amide bonds. The summed E-state index contributed by atoms with van der Waals surface area (Å²) in [5.74, 6) is 0.686. The fourth-order valence-electron chi connectivity index (χ4n) is 2.92. The highest BCUT2D eigenvalue weighted by molar-refractivity contribution is 7.11. The van der Waals surface area contributed by atoms with Crippen molar-refractivity contribution in [3.63, 3.8) is 0 Å². The van der Waals surface area contributed by atoms with Crippen LogP contribution in [-0.2, 0) is 0 Å². The van der Waals surface area contributed by atoms with Gasteiger partial charge in [-0.05, 0) is 30.8 Å². The van der Waals surface area contributed by atoms with Crippen LogP contribution in [0.25, 0.3) is 16.8 Å². The van der Waals surface area contributed by atoms with Crippen molar-refractivity contribution < 1.29 is 0 Å². The molecule has 0 N–H and O–H groups in total. The Balaban J connectivity index is 1.95. The molecular weight excluding hydrogens is 276 g/mol. The van der Waals surface area contributed by atoms with Crippen LogP contribution in [-0.4, -0.2) is 4.98 Å². The van der Waals surface area contributed by atoms with Crippen LogP contribution in [0.15, 0.2) is 41.3 Å². The van der Waals surface area contributed by atoms with E-state index in [1.165, 1.54) is 18.4 Å². The molecule has 0 radical (unpaired) electrons. The van der Waals surface area contributed by atoms with Gasteiger partial charge >= 0.3 is 0 Å². The fourth-order valence-corrected chi connectivity index (χ4v) is 3.79. The maximum absolute atomic E-state index is 9.56. The van der Waals surface area contributed by atoms with E-state index in [9.17, 15) is 5.26 Å². The zero-order chi connectivity index (χ0) is 14.7. The number of nitriles is 1. The topological polar surface area (TPSA) is 36.7 Å². The van der Waals surface area contributed by atoms with E-state index in [-0.39, 0.29) is 0 Å². The summed E-state index contributed by atoms with van der Waals surface area (Å²) in [7, 11) is 0. The lowest BCUT2D eigenvalue weighted by Crippen LogP contribution is -2.06. The van der Waals surface area contributed by atoms with E-state index < -0.39 is 0 Å². The van der Waals surface area contributed by atoms with Gasteiger partial charge in [0.05, 0.1) is 11.3 Å².